The van der Waals surface area contributed by atoms with Gasteiger partial charge in [-0.3, -0.25) is 9.59 Å². The monoisotopic (exact) mass is 225 g/mol. The van der Waals surface area contributed by atoms with Crippen molar-refractivity contribution in [2.24, 2.45) is 0 Å². The number of carbonyl (C=O) groups excluding carboxylic acids is 1. The number of carboxylic acid groups (broad SMARTS) is 1. The average molecular weight is 225 g/mol. The van der Waals surface area contributed by atoms with Crippen molar-refractivity contribution in [3.8, 4) is 0 Å². The van der Waals surface area contributed by atoms with E-state index in [0.717, 1.165) is 0 Å². The Kier molecular flexibility index (Phi) is 6.92. The number of hydrogen-bond donors (Lipinski definition) is 1. The van der Waals surface area contributed by atoms with Crippen molar-refractivity contribution in [3.63, 3.8) is 0 Å². The first-order valence-corrected chi connectivity index (χ1v) is 5.30. The summed E-state index contributed by atoms with van der Waals surface area (Å²) in [6.07, 6.45) is 6.65. The van der Waals surface area contributed by atoms with E-state index in [9.17, 15) is 9.59 Å². The SMILES string of the molecule is C/C=C/C=C/C(=O)N(CCC(=O)O)C(C)C. The van der Waals surface area contributed by atoms with Crippen LogP contribution in [-0.2, 0) is 9.59 Å². The molecule has 0 saturated heterocycles. The third kappa shape index (κ3) is 6.01. The molecule has 0 saturated carbocycles. The minimum absolute atomic E-state index is 0.00195. The molecule has 0 rings (SSSR count). The van der Waals surface area contributed by atoms with E-state index in [2.05, 4.69) is 0 Å². The summed E-state index contributed by atoms with van der Waals surface area (Å²) < 4.78 is 0. The number of nitrogens with zero attached hydrogens (tertiary/aromatic N) is 1. The van der Waals surface area contributed by atoms with E-state index in [0.29, 0.717) is 0 Å². The molecule has 0 aromatic carbocycles. The molecule has 0 bridgehead atoms. The van der Waals surface area contributed by atoms with Crippen molar-refractivity contribution in [1.29, 1.82) is 0 Å². The molecule has 0 heterocycles. The van der Waals surface area contributed by atoms with Crippen LogP contribution in [0.3, 0.4) is 0 Å². The lowest BCUT2D eigenvalue weighted by atomic mass is 10.2. The van der Waals surface area contributed by atoms with Gasteiger partial charge in [0.1, 0.15) is 0 Å². The summed E-state index contributed by atoms with van der Waals surface area (Å²) in [6, 6.07) is 0.00195. The second-order valence-electron chi connectivity index (χ2n) is 3.65. The van der Waals surface area contributed by atoms with Gasteiger partial charge in [0.15, 0.2) is 0 Å². The zero-order valence-corrected chi connectivity index (χ0v) is 10.0. The van der Waals surface area contributed by atoms with Crippen LogP contribution in [0.4, 0.5) is 0 Å². The Balaban J connectivity index is 4.41. The zero-order chi connectivity index (χ0) is 12.6. The van der Waals surface area contributed by atoms with Gasteiger partial charge in [0.05, 0.1) is 6.42 Å². The second kappa shape index (κ2) is 7.68. The van der Waals surface area contributed by atoms with Gasteiger partial charge in [-0.1, -0.05) is 18.2 Å². The molecule has 1 N–H and O–H groups in total. The highest BCUT2D eigenvalue weighted by molar-refractivity contribution is 5.88. The molecule has 0 atom stereocenters. The topological polar surface area (TPSA) is 57.6 Å². The Morgan fingerprint density at radius 2 is 1.94 bits per heavy atom. The third-order valence-electron chi connectivity index (χ3n) is 2.02. The molecule has 0 fully saturated rings. The summed E-state index contributed by atoms with van der Waals surface area (Å²) >= 11 is 0. The maximum absolute atomic E-state index is 11.7. The Morgan fingerprint density at radius 3 is 2.38 bits per heavy atom. The number of allylic oxidation sites excluding steroid dienone is 3. The molecule has 0 spiro atoms. The number of carbonyl (C=O) groups is 2. The van der Waals surface area contributed by atoms with Crippen LogP contribution in [0.2, 0.25) is 0 Å². The van der Waals surface area contributed by atoms with Gasteiger partial charge in [-0.15, -0.1) is 0 Å². The lowest BCUT2D eigenvalue weighted by Crippen LogP contribution is -2.37. The highest BCUT2D eigenvalue weighted by Gasteiger charge is 2.14. The van der Waals surface area contributed by atoms with E-state index < -0.39 is 5.97 Å². The molecular weight excluding hydrogens is 206 g/mol. The van der Waals surface area contributed by atoms with Gasteiger partial charge in [-0.05, 0) is 20.8 Å². The van der Waals surface area contributed by atoms with E-state index >= 15 is 0 Å². The Hall–Kier alpha value is -1.58. The quantitative estimate of drug-likeness (QED) is 0.554. The molecule has 0 aliphatic rings. The lowest BCUT2D eigenvalue weighted by molar-refractivity contribution is -0.138. The summed E-state index contributed by atoms with van der Waals surface area (Å²) in [5, 5.41) is 8.57. The van der Waals surface area contributed by atoms with E-state index in [1.165, 1.54) is 11.0 Å². The van der Waals surface area contributed by atoms with Gasteiger partial charge in [0.2, 0.25) is 5.91 Å². The van der Waals surface area contributed by atoms with E-state index in [4.69, 9.17) is 5.11 Å². The third-order valence-corrected chi connectivity index (χ3v) is 2.02. The van der Waals surface area contributed by atoms with Crippen LogP contribution in [-0.4, -0.2) is 34.5 Å². The maximum atomic E-state index is 11.7. The second-order valence-corrected chi connectivity index (χ2v) is 3.65. The normalized spacial score (nSPS) is 11.5. The molecule has 4 nitrogen and oxygen atoms in total. The Bertz CT molecular complexity index is 293. The van der Waals surface area contributed by atoms with E-state index in [1.54, 1.807) is 12.2 Å². The largest absolute Gasteiger partial charge is 0.481 e. The predicted molar refractivity (Wildman–Crippen MR) is 63.1 cm³/mol. The highest BCUT2D eigenvalue weighted by atomic mass is 16.4. The minimum atomic E-state index is -0.893. The molecule has 0 aliphatic carbocycles. The first-order chi connectivity index (χ1) is 7.49. The number of carboxylic acids is 1. The van der Waals surface area contributed by atoms with Crippen LogP contribution in [0, 0.1) is 0 Å². The molecule has 4 heteroatoms. The van der Waals surface area contributed by atoms with Crippen molar-refractivity contribution < 1.29 is 14.7 Å². The highest BCUT2D eigenvalue weighted by Crippen LogP contribution is 2.02. The Morgan fingerprint density at radius 1 is 1.31 bits per heavy atom. The van der Waals surface area contributed by atoms with Crippen molar-refractivity contribution >= 4 is 11.9 Å². The van der Waals surface area contributed by atoms with Crippen LogP contribution in [0.15, 0.2) is 24.3 Å². The zero-order valence-electron chi connectivity index (χ0n) is 10.0. The van der Waals surface area contributed by atoms with Crippen molar-refractivity contribution in [2.75, 3.05) is 6.54 Å². The predicted octanol–water partition coefficient (Wildman–Crippen LogP) is 1.83. The van der Waals surface area contributed by atoms with Gasteiger partial charge in [0, 0.05) is 18.7 Å². The van der Waals surface area contributed by atoms with Crippen LogP contribution in [0.1, 0.15) is 27.2 Å². The van der Waals surface area contributed by atoms with Crippen LogP contribution < -0.4 is 0 Å². The summed E-state index contributed by atoms with van der Waals surface area (Å²) in [6.45, 7) is 5.83. The average Bonchev–Trinajstić information content (AvgIpc) is 2.17. The first kappa shape index (κ1) is 14.4. The van der Waals surface area contributed by atoms with Crippen molar-refractivity contribution in [1.82, 2.24) is 4.90 Å². The van der Waals surface area contributed by atoms with Crippen LogP contribution >= 0.6 is 0 Å². The fourth-order valence-electron chi connectivity index (χ4n) is 1.18. The summed E-state index contributed by atoms with van der Waals surface area (Å²) in [4.78, 5) is 23.7. The molecule has 1 amide bonds. The number of aliphatic carboxylic acids is 1. The van der Waals surface area contributed by atoms with Gasteiger partial charge in [-0.25, -0.2) is 0 Å². The van der Waals surface area contributed by atoms with Crippen LogP contribution in [0.5, 0.6) is 0 Å². The Labute approximate surface area is 96.3 Å². The van der Waals surface area contributed by atoms with Gasteiger partial charge in [0.25, 0.3) is 0 Å². The maximum Gasteiger partial charge on any atom is 0.305 e. The van der Waals surface area contributed by atoms with E-state index in [-0.39, 0.29) is 24.9 Å². The minimum Gasteiger partial charge on any atom is -0.481 e. The lowest BCUT2D eigenvalue weighted by Gasteiger charge is -2.24. The van der Waals surface area contributed by atoms with Crippen molar-refractivity contribution in [2.45, 2.75) is 33.2 Å². The molecule has 16 heavy (non-hydrogen) atoms. The standard InChI is InChI=1S/C12H19NO3/c1-4-5-6-7-11(14)13(10(2)3)9-8-12(15)16/h4-7,10H,8-9H2,1-3H3,(H,15,16)/b5-4+,7-6+. The van der Waals surface area contributed by atoms with Gasteiger partial charge >= 0.3 is 5.97 Å². The van der Waals surface area contributed by atoms with Gasteiger partial charge in [-0.2, -0.15) is 0 Å². The number of rotatable bonds is 6. The molecule has 0 aliphatic heterocycles. The van der Waals surface area contributed by atoms with E-state index in [1.807, 2.05) is 26.8 Å². The smallest absolute Gasteiger partial charge is 0.305 e. The first-order valence-electron chi connectivity index (χ1n) is 5.30. The molecule has 90 valence electrons. The van der Waals surface area contributed by atoms with Crippen molar-refractivity contribution in [3.05, 3.63) is 24.3 Å². The number of amides is 1. The number of hydrogen-bond acceptors (Lipinski definition) is 2. The summed E-state index contributed by atoms with van der Waals surface area (Å²) in [5.41, 5.74) is 0. The molecule has 0 aromatic rings. The molecule has 0 unspecified atom stereocenters. The summed E-state index contributed by atoms with van der Waals surface area (Å²) in [5.74, 6) is -1.05. The fraction of sp³-hybridized carbons (Fsp3) is 0.500. The molecule has 0 radical (unpaired) electrons. The molecule has 0 aromatic heterocycles. The van der Waals surface area contributed by atoms with Gasteiger partial charge < -0.3 is 10.0 Å². The summed E-state index contributed by atoms with van der Waals surface area (Å²) in [7, 11) is 0. The molecular formula is C12H19NO3. The fourth-order valence-corrected chi connectivity index (χ4v) is 1.18. The van der Waals surface area contributed by atoms with Crippen LogP contribution in [0.25, 0.3) is 0 Å².